The maximum Gasteiger partial charge on any atom is 0.333 e. The van der Waals surface area contributed by atoms with E-state index in [2.05, 4.69) is 6.58 Å². The molecule has 0 aromatic heterocycles. The van der Waals surface area contributed by atoms with Crippen LogP contribution in [0.25, 0.3) is 0 Å². The highest BCUT2D eigenvalue weighted by atomic mass is 35.5. The Labute approximate surface area is 131 Å². The molecule has 0 unspecified atom stereocenters. The molecule has 0 fully saturated rings. The Morgan fingerprint density at radius 3 is 1.57 bits per heavy atom. The van der Waals surface area contributed by atoms with Crippen LogP contribution in [0, 0.1) is 0 Å². The zero-order chi connectivity index (χ0) is 15.8. The maximum atomic E-state index is 11.0. The van der Waals surface area contributed by atoms with Crippen molar-refractivity contribution in [3.8, 4) is 0 Å². The number of esters is 1. The molecule has 0 aliphatic heterocycles. The molecule has 0 bridgehead atoms. The van der Waals surface area contributed by atoms with Crippen molar-refractivity contribution in [2.75, 3.05) is 65.3 Å². The Morgan fingerprint density at radius 1 is 0.810 bits per heavy atom. The summed E-state index contributed by atoms with van der Waals surface area (Å²) in [5.41, 5.74) is 0.381. The fourth-order valence-electron chi connectivity index (χ4n) is 1.13. The number of rotatable bonds is 15. The molecule has 0 saturated heterocycles. The zero-order valence-electron chi connectivity index (χ0n) is 12.6. The van der Waals surface area contributed by atoms with Crippen molar-refractivity contribution in [2.45, 2.75) is 6.92 Å². The van der Waals surface area contributed by atoms with Gasteiger partial charge in [0.05, 0.1) is 52.9 Å². The van der Waals surface area contributed by atoms with E-state index in [9.17, 15) is 4.79 Å². The number of halogens is 1. The van der Waals surface area contributed by atoms with Crippen LogP contribution < -0.4 is 0 Å². The quantitative estimate of drug-likeness (QED) is 0.196. The monoisotopic (exact) mass is 324 g/mol. The number of carbonyl (C=O) groups is 1. The van der Waals surface area contributed by atoms with Gasteiger partial charge in [-0.1, -0.05) is 6.58 Å². The van der Waals surface area contributed by atoms with Gasteiger partial charge in [0.1, 0.15) is 6.61 Å². The van der Waals surface area contributed by atoms with Crippen LogP contribution in [-0.4, -0.2) is 71.3 Å². The minimum Gasteiger partial charge on any atom is -0.460 e. The third-order valence-electron chi connectivity index (χ3n) is 2.15. The van der Waals surface area contributed by atoms with Gasteiger partial charge in [0.25, 0.3) is 0 Å². The Balaban J connectivity index is 3.06. The number of hydrogen-bond donors (Lipinski definition) is 0. The van der Waals surface area contributed by atoms with Gasteiger partial charge in [-0.05, 0) is 6.92 Å². The molecule has 0 radical (unpaired) electrons. The van der Waals surface area contributed by atoms with Gasteiger partial charge in [-0.25, -0.2) is 4.79 Å². The van der Waals surface area contributed by atoms with Crippen molar-refractivity contribution in [1.29, 1.82) is 0 Å². The molecule has 0 saturated carbocycles. The number of ether oxygens (including phenoxy) is 5. The minimum absolute atomic E-state index is 0.219. The Hall–Kier alpha value is -0.660. The summed E-state index contributed by atoms with van der Waals surface area (Å²) in [6.45, 7) is 9.20. The number of hydrogen-bond acceptors (Lipinski definition) is 6. The molecule has 124 valence electrons. The van der Waals surface area contributed by atoms with Crippen LogP contribution in [0.1, 0.15) is 6.92 Å². The normalized spacial score (nSPS) is 10.6. The predicted octanol–water partition coefficient (Wildman–Crippen LogP) is 1.41. The largest absolute Gasteiger partial charge is 0.460 e. The van der Waals surface area contributed by atoms with Crippen LogP contribution in [-0.2, 0) is 28.5 Å². The highest BCUT2D eigenvalue weighted by molar-refractivity contribution is 6.17. The van der Waals surface area contributed by atoms with Gasteiger partial charge in [-0.15, -0.1) is 11.6 Å². The summed E-state index contributed by atoms with van der Waals surface area (Å²) in [5.74, 6) is 0.0946. The fraction of sp³-hybridized carbons (Fsp3) is 0.786. The third kappa shape index (κ3) is 15.5. The highest BCUT2D eigenvalue weighted by Gasteiger charge is 2.01. The minimum atomic E-state index is -0.401. The fourth-order valence-corrected chi connectivity index (χ4v) is 1.24. The summed E-state index contributed by atoms with van der Waals surface area (Å²) in [6, 6.07) is 0. The van der Waals surface area contributed by atoms with Crippen molar-refractivity contribution in [3.05, 3.63) is 12.2 Å². The first-order valence-electron chi connectivity index (χ1n) is 6.88. The van der Waals surface area contributed by atoms with Crippen LogP contribution >= 0.6 is 11.6 Å². The van der Waals surface area contributed by atoms with Crippen molar-refractivity contribution < 1.29 is 28.5 Å². The van der Waals surface area contributed by atoms with Gasteiger partial charge in [0.2, 0.25) is 0 Å². The SMILES string of the molecule is C=C(C)C(=O)OCCOCCOCCOCCOCCCl. The average molecular weight is 325 g/mol. The van der Waals surface area contributed by atoms with Gasteiger partial charge in [-0.2, -0.15) is 0 Å². The lowest BCUT2D eigenvalue weighted by molar-refractivity contribution is -0.140. The molecule has 6 nitrogen and oxygen atoms in total. The third-order valence-corrected chi connectivity index (χ3v) is 2.30. The van der Waals surface area contributed by atoms with Crippen molar-refractivity contribution in [2.24, 2.45) is 0 Å². The second-order valence-corrected chi connectivity index (χ2v) is 4.43. The van der Waals surface area contributed by atoms with E-state index >= 15 is 0 Å². The van der Waals surface area contributed by atoms with E-state index in [1.165, 1.54) is 0 Å². The van der Waals surface area contributed by atoms with Gasteiger partial charge in [0, 0.05) is 11.5 Å². The van der Waals surface area contributed by atoms with Crippen LogP contribution in [0.4, 0.5) is 0 Å². The lowest BCUT2D eigenvalue weighted by Crippen LogP contribution is -2.14. The van der Waals surface area contributed by atoms with Gasteiger partial charge >= 0.3 is 5.97 Å². The molecule has 0 spiro atoms. The van der Waals surface area contributed by atoms with Crippen LogP contribution in [0.5, 0.6) is 0 Å². The van der Waals surface area contributed by atoms with Crippen molar-refractivity contribution >= 4 is 17.6 Å². The van der Waals surface area contributed by atoms with E-state index in [4.69, 9.17) is 35.3 Å². The van der Waals surface area contributed by atoms with E-state index in [-0.39, 0.29) is 6.61 Å². The van der Waals surface area contributed by atoms with Crippen LogP contribution in [0.15, 0.2) is 12.2 Å². The Kier molecular flexibility index (Phi) is 15.2. The first-order valence-corrected chi connectivity index (χ1v) is 7.41. The predicted molar refractivity (Wildman–Crippen MR) is 79.8 cm³/mol. The molecule has 0 atom stereocenters. The summed E-state index contributed by atoms with van der Waals surface area (Å²) in [5, 5.41) is 0. The molecule has 21 heavy (non-hydrogen) atoms. The van der Waals surface area contributed by atoms with E-state index in [0.717, 1.165) is 0 Å². The van der Waals surface area contributed by atoms with Crippen molar-refractivity contribution in [3.63, 3.8) is 0 Å². The molecule has 0 rings (SSSR count). The number of carbonyl (C=O) groups excluding carboxylic acids is 1. The summed E-state index contributed by atoms with van der Waals surface area (Å²) in [6.07, 6.45) is 0. The highest BCUT2D eigenvalue weighted by Crippen LogP contribution is 1.91. The summed E-state index contributed by atoms with van der Waals surface area (Å²) < 4.78 is 25.8. The topological polar surface area (TPSA) is 63.2 Å². The molecule has 0 N–H and O–H groups in total. The molecule has 0 aliphatic carbocycles. The smallest absolute Gasteiger partial charge is 0.333 e. The van der Waals surface area contributed by atoms with Crippen molar-refractivity contribution in [1.82, 2.24) is 0 Å². The van der Waals surface area contributed by atoms with Crippen LogP contribution in [0.3, 0.4) is 0 Å². The zero-order valence-corrected chi connectivity index (χ0v) is 13.4. The Bertz CT molecular complexity index is 272. The first-order chi connectivity index (χ1) is 10.2. The molecule has 0 aliphatic rings. The van der Waals surface area contributed by atoms with Crippen LogP contribution in [0.2, 0.25) is 0 Å². The van der Waals surface area contributed by atoms with Gasteiger partial charge in [0.15, 0.2) is 0 Å². The molecule has 0 heterocycles. The molecule has 0 amide bonds. The summed E-state index contributed by atoms with van der Waals surface area (Å²) >= 11 is 5.45. The molecule has 0 aromatic carbocycles. The summed E-state index contributed by atoms with van der Waals surface area (Å²) in [4.78, 5) is 11.0. The molecule has 7 heteroatoms. The average Bonchev–Trinajstić information content (AvgIpc) is 2.47. The molecular weight excluding hydrogens is 300 g/mol. The van der Waals surface area contributed by atoms with E-state index in [1.807, 2.05) is 0 Å². The lowest BCUT2D eigenvalue weighted by atomic mass is 10.4. The maximum absolute atomic E-state index is 11.0. The van der Waals surface area contributed by atoms with E-state index in [0.29, 0.717) is 64.3 Å². The van der Waals surface area contributed by atoms with Gasteiger partial charge < -0.3 is 23.7 Å². The number of alkyl halides is 1. The van der Waals surface area contributed by atoms with E-state index < -0.39 is 5.97 Å². The second-order valence-electron chi connectivity index (χ2n) is 4.05. The standard InChI is InChI=1S/C14H25ClO6/c1-13(2)14(16)21-12-11-20-10-9-19-8-7-18-6-5-17-4-3-15/h1,3-12H2,2H3. The molecule has 0 aromatic rings. The van der Waals surface area contributed by atoms with Gasteiger partial charge in [-0.3, -0.25) is 0 Å². The molecular formula is C14H25ClO6. The lowest BCUT2D eigenvalue weighted by Gasteiger charge is -2.07. The summed E-state index contributed by atoms with van der Waals surface area (Å²) in [7, 11) is 0. The first kappa shape index (κ1) is 20.3. The van der Waals surface area contributed by atoms with E-state index in [1.54, 1.807) is 6.92 Å². The Morgan fingerprint density at radius 2 is 1.19 bits per heavy atom. The second kappa shape index (κ2) is 15.7.